The highest BCUT2D eigenvalue weighted by Crippen LogP contribution is 2.12. The summed E-state index contributed by atoms with van der Waals surface area (Å²) in [5.41, 5.74) is 0.326. The van der Waals surface area contributed by atoms with Gasteiger partial charge in [0.25, 0.3) is 5.91 Å². The van der Waals surface area contributed by atoms with Gasteiger partial charge in [0.15, 0.2) is 5.78 Å². The van der Waals surface area contributed by atoms with Gasteiger partial charge in [0, 0.05) is 21.3 Å². The maximum Gasteiger partial charge on any atom is 0.293 e. The molecule has 0 saturated heterocycles. The fourth-order valence-corrected chi connectivity index (χ4v) is 1.96. The lowest BCUT2D eigenvalue weighted by Gasteiger charge is -2.04. The molecule has 1 N–H and O–H groups in total. The minimum Gasteiger partial charge on any atom is -0.304 e. The Morgan fingerprint density at radius 3 is 2.36 bits per heavy atom. The van der Waals surface area contributed by atoms with Gasteiger partial charge in [0.05, 0.1) is 6.42 Å². The first kappa shape index (κ1) is 16.3. The Balaban J connectivity index is 1.96. The Bertz CT molecular complexity index is 715. The van der Waals surface area contributed by atoms with E-state index in [0.29, 0.717) is 10.6 Å². The van der Waals surface area contributed by atoms with E-state index in [-0.39, 0.29) is 5.82 Å². The van der Waals surface area contributed by atoms with Crippen LogP contribution in [0.3, 0.4) is 0 Å². The van der Waals surface area contributed by atoms with Crippen molar-refractivity contribution in [2.75, 3.05) is 5.32 Å². The van der Waals surface area contributed by atoms with Crippen molar-refractivity contribution < 1.29 is 14.4 Å². The zero-order valence-corrected chi connectivity index (χ0v) is 13.5. The van der Waals surface area contributed by atoms with Crippen LogP contribution >= 0.6 is 27.5 Å². The van der Waals surface area contributed by atoms with Gasteiger partial charge in [-0.3, -0.25) is 14.4 Å². The van der Waals surface area contributed by atoms with Crippen molar-refractivity contribution in [3.63, 3.8) is 0 Å². The van der Waals surface area contributed by atoms with Crippen LogP contribution in [0.1, 0.15) is 16.8 Å². The number of amides is 1. The number of anilines is 1. The standard InChI is InChI=1S/C15H10BrClN2O3/c16-10-3-6-14(18-8-10)19-15(22)13(21)7-12(20)9-1-4-11(17)5-2-9/h1-6,8H,7H2,(H,18,19,22). The molecule has 5 nitrogen and oxygen atoms in total. The summed E-state index contributed by atoms with van der Waals surface area (Å²) in [5.74, 6) is -1.91. The molecule has 0 bridgehead atoms. The molecule has 0 aliphatic carbocycles. The average molecular weight is 382 g/mol. The molecule has 0 aliphatic heterocycles. The van der Waals surface area contributed by atoms with Gasteiger partial charge in [-0.05, 0) is 52.3 Å². The van der Waals surface area contributed by atoms with Crippen LogP contribution in [0.25, 0.3) is 0 Å². The number of Topliss-reactive ketones (excluding diaryl/α,β-unsaturated/α-hetero) is 2. The molecule has 0 saturated carbocycles. The first-order valence-electron chi connectivity index (χ1n) is 6.20. The summed E-state index contributed by atoms with van der Waals surface area (Å²) in [5, 5.41) is 2.83. The number of aromatic nitrogens is 1. The van der Waals surface area contributed by atoms with Gasteiger partial charge >= 0.3 is 0 Å². The summed E-state index contributed by atoms with van der Waals surface area (Å²) in [6.45, 7) is 0. The Kier molecular flexibility index (Phi) is 5.41. The second kappa shape index (κ2) is 7.29. The maximum absolute atomic E-state index is 11.9. The van der Waals surface area contributed by atoms with Gasteiger partial charge in [0.2, 0.25) is 5.78 Å². The quantitative estimate of drug-likeness (QED) is 0.490. The first-order chi connectivity index (χ1) is 10.5. The number of ketones is 2. The fraction of sp³-hybridized carbons (Fsp3) is 0.0667. The van der Waals surface area contributed by atoms with Crippen LogP contribution in [0.2, 0.25) is 5.02 Å². The predicted molar refractivity (Wildman–Crippen MR) is 86.0 cm³/mol. The van der Waals surface area contributed by atoms with E-state index in [1.807, 2.05) is 0 Å². The zero-order valence-electron chi connectivity index (χ0n) is 11.2. The maximum atomic E-state index is 11.9. The molecule has 1 aromatic heterocycles. The smallest absolute Gasteiger partial charge is 0.293 e. The molecule has 2 aromatic rings. The van der Waals surface area contributed by atoms with Crippen LogP contribution in [0, 0.1) is 0 Å². The van der Waals surface area contributed by atoms with E-state index in [9.17, 15) is 14.4 Å². The molecule has 1 aromatic carbocycles. The molecule has 1 amide bonds. The molecule has 0 unspecified atom stereocenters. The van der Waals surface area contributed by atoms with Gasteiger partial charge in [-0.1, -0.05) is 11.6 Å². The molecular weight excluding hydrogens is 372 g/mol. The normalized spacial score (nSPS) is 10.1. The van der Waals surface area contributed by atoms with Crippen molar-refractivity contribution in [2.24, 2.45) is 0 Å². The largest absolute Gasteiger partial charge is 0.304 e. The van der Waals surface area contributed by atoms with Crippen LogP contribution in [0.15, 0.2) is 47.1 Å². The fourth-order valence-electron chi connectivity index (χ4n) is 1.60. The lowest BCUT2D eigenvalue weighted by Crippen LogP contribution is -2.25. The van der Waals surface area contributed by atoms with E-state index in [1.165, 1.54) is 24.4 Å². The van der Waals surface area contributed by atoms with Crippen molar-refractivity contribution in [3.8, 4) is 0 Å². The number of hydrogen-bond acceptors (Lipinski definition) is 4. The third kappa shape index (κ3) is 4.47. The molecule has 2 rings (SSSR count). The van der Waals surface area contributed by atoms with Crippen LogP contribution in [0.4, 0.5) is 5.82 Å². The Morgan fingerprint density at radius 1 is 1.09 bits per heavy atom. The van der Waals surface area contributed by atoms with E-state index >= 15 is 0 Å². The average Bonchev–Trinajstić information content (AvgIpc) is 2.50. The number of nitrogens with zero attached hydrogens (tertiary/aromatic N) is 1. The van der Waals surface area contributed by atoms with Gasteiger partial charge in [-0.2, -0.15) is 0 Å². The summed E-state index contributed by atoms with van der Waals surface area (Å²) < 4.78 is 0.745. The molecule has 22 heavy (non-hydrogen) atoms. The summed E-state index contributed by atoms with van der Waals surface area (Å²) in [7, 11) is 0. The third-order valence-corrected chi connectivity index (χ3v) is 3.43. The minimum atomic E-state index is -0.878. The molecule has 7 heteroatoms. The van der Waals surface area contributed by atoms with Crippen molar-refractivity contribution in [1.29, 1.82) is 0 Å². The highest BCUT2D eigenvalue weighted by molar-refractivity contribution is 9.10. The van der Waals surface area contributed by atoms with Crippen LogP contribution in [0.5, 0.6) is 0 Å². The minimum absolute atomic E-state index is 0.237. The van der Waals surface area contributed by atoms with E-state index in [0.717, 1.165) is 4.47 Å². The van der Waals surface area contributed by atoms with E-state index < -0.39 is 23.9 Å². The Labute approximate surface area is 139 Å². The highest BCUT2D eigenvalue weighted by atomic mass is 79.9. The van der Waals surface area contributed by atoms with E-state index in [4.69, 9.17) is 11.6 Å². The van der Waals surface area contributed by atoms with Gasteiger partial charge in [0.1, 0.15) is 5.82 Å². The third-order valence-electron chi connectivity index (χ3n) is 2.71. The van der Waals surface area contributed by atoms with E-state index in [2.05, 4.69) is 26.2 Å². The summed E-state index contributed by atoms with van der Waals surface area (Å²) in [6.07, 6.45) is 0.975. The number of carbonyl (C=O) groups is 3. The lowest BCUT2D eigenvalue weighted by atomic mass is 10.1. The number of benzene rings is 1. The topological polar surface area (TPSA) is 76.1 Å². The van der Waals surface area contributed by atoms with Crippen LogP contribution in [-0.4, -0.2) is 22.5 Å². The zero-order chi connectivity index (χ0) is 16.1. The molecule has 0 spiro atoms. The molecule has 112 valence electrons. The van der Waals surface area contributed by atoms with Crippen molar-refractivity contribution >= 4 is 50.8 Å². The predicted octanol–water partition coefficient (Wildman–Crippen LogP) is 3.28. The van der Waals surface area contributed by atoms with Crippen molar-refractivity contribution in [3.05, 3.63) is 57.7 Å². The van der Waals surface area contributed by atoms with Crippen molar-refractivity contribution in [2.45, 2.75) is 6.42 Å². The molecule has 0 fully saturated rings. The monoisotopic (exact) mass is 380 g/mol. The van der Waals surface area contributed by atoms with Gasteiger partial charge < -0.3 is 5.32 Å². The molecule has 0 atom stereocenters. The summed E-state index contributed by atoms with van der Waals surface area (Å²) >= 11 is 8.93. The SMILES string of the molecule is O=C(CC(=O)c1ccc(Cl)cc1)C(=O)Nc1ccc(Br)cn1. The number of carbonyl (C=O) groups excluding carboxylic acids is 3. The second-order valence-electron chi connectivity index (χ2n) is 4.35. The number of hydrogen-bond donors (Lipinski definition) is 1. The number of nitrogens with one attached hydrogen (secondary N) is 1. The molecule has 0 radical (unpaired) electrons. The molecule has 0 aliphatic rings. The molecular formula is C15H10BrClN2O3. The van der Waals surface area contributed by atoms with Gasteiger partial charge in [-0.25, -0.2) is 4.98 Å². The number of rotatable bonds is 5. The summed E-state index contributed by atoms with van der Waals surface area (Å²) in [4.78, 5) is 39.3. The summed E-state index contributed by atoms with van der Waals surface area (Å²) in [6, 6.07) is 9.32. The Hall–Kier alpha value is -2.05. The van der Waals surface area contributed by atoms with Crippen molar-refractivity contribution in [1.82, 2.24) is 4.98 Å². The Morgan fingerprint density at radius 2 is 1.77 bits per heavy atom. The number of halogens is 2. The first-order valence-corrected chi connectivity index (χ1v) is 7.37. The molecule has 1 heterocycles. The van der Waals surface area contributed by atoms with E-state index in [1.54, 1.807) is 18.2 Å². The van der Waals surface area contributed by atoms with Gasteiger partial charge in [-0.15, -0.1) is 0 Å². The second-order valence-corrected chi connectivity index (χ2v) is 5.70. The lowest BCUT2D eigenvalue weighted by molar-refractivity contribution is -0.134. The van der Waals surface area contributed by atoms with Crippen LogP contribution in [-0.2, 0) is 9.59 Å². The van der Waals surface area contributed by atoms with Crippen LogP contribution < -0.4 is 5.32 Å². The highest BCUT2D eigenvalue weighted by Gasteiger charge is 2.19. The number of pyridine rings is 1.